The number of hydrogen-bond donors (Lipinski definition) is 1. The van der Waals surface area contributed by atoms with E-state index in [-0.39, 0.29) is 11.3 Å². The maximum Gasteiger partial charge on any atom is 0.343 e. The van der Waals surface area contributed by atoms with E-state index in [9.17, 15) is 14.0 Å². The summed E-state index contributed by atoms with van der Waals surface area (Å²) in [7, 11) is 1.50. The molecule has 0 aliphatic rings. The Hall–Kier alpha value is -2.89. The number of halogens is 1. The number of carbonyl (C=O) groups excluding carboxylic acids is 1. The highest BCUT2D eigenvalue weighted by Gasteiger charge is 2.13. The van der Waals surface area contributed by atoms with E-state index in [0.717, 1.165) is 12.1 Å². The number of carboxylic acid groups (broad SMARTS) is 1. The second-order valence-corrected chi connectivity index (χ2v) is 4.06. The van der Waals surface area contributed by atoms with E-state index in [1.807, 2.05) is 0 Å². The molecule has 0 spiro atoms. The molecule has 5 nitrogen and oxygen atoms in total. The number of ether oxygens (including phenoxy) is 2. The van der Waals surface area contributed by atoms with E-state index < -0.39 is 23.3 Å². The van der Waals surface area contributed by atoms with Crippen molar-refractivity contribution >= 4 is 11.9 Å². The van der Waals surface area contributed by atoms with Gasteiger partial charge in [0, 0.05) is 6.07 Å². The maximum atomic E-state index is 13.5. The molecule has 21 heavy (non-hydrogen) atoms. The van der Waals surface area contributed by atoms with Crippen molar-refractivity contribution in [2.24, 2.45) is 0 Å². The van der Waals surface area contributed by atoms with Gasteiger partial charge < -0.3 is 14.6 Å². The fraction of sp³-hybridized carbons (Fsp3) is 0.0667. The van der Waals surface area contributed by atoms with Crippen LogP contribution in [-0.2, 0) is 0 Å². The number of carbonyl (C=O) groups is 2. The number of aromatic carboxylic acids is 1. The Bertz CT molecular complexity index is 679. The molecule has 0 bridgehead atoms. The molecule has 0 aliphatic carbocycles. The third-order valence-corrected chi connectivity index (χ3v) is 2.71. The standard InChI is InChI=1S/C15H11FO5/c1-20-10-4-2-9(3-5-10)15(19)21-11-6-7-12(14(17)18)13(16)8-11/h2-8H,1H3,(H,17,18). The van der Waals surface area contributed by atoms with Crippen molar-refractivity contribution < 1.29 is 28.6 Å². The molecule has 1 N–H and O–H groups in total. The van der Waals surface area contributed by atoms with Crippen LogP contribution in [0.1, 0.15) is 20.7 Å². The van der Waals surface area contributed by atoms with Gasteiger partial charge in [-0.2, -0.15) is 0 Å². The van der Waals surface area contributed by atoms with Crippen LogP contribution in [0.3, 0.4) is 0 Å². The first-order valence-electron chi connectivity index (χ1n) is 5.90. The molecule has 2 aromatic rings. The number of methoxy groups -OCH3 is 1. The summed E-state index contributed by atoms with van der Waals surface area (Å²) in [5.74, 6) is -2.52. The van der Waals surface area contributed by atoms with E-state index in [1.165, 1.54) is 25.3 Å². The molecule has 108 valence electrons. The zero-order valence-electron chi connectivity index (χ0n) is 11.0. The van der Waals surface area contributed by atoms with Crippen molar-refractivity contribution in [3.8, 4) is 11.5 Å². The molecule has 2 aromatic carbocycles. The predicted octanol–water partition coefficient (Wildman–Crippen LogP) is 2.75. The van der Waals surface area contributed by atoms with Crippen LogP contribution in [0.25, 0.3) is 0 Å². The molecular weight excluding hydrogens is 279 g/mol. The van der Waals surface area contributed by atoms with Crippen LogP contribution in [0.15, 0.2) is 42.5 Å². The summed E-state index contributed by atoms with van der Waals surface area (Å²) < 4.78 is 23.4. The van der Waals surface area contributed by atoms with E-state index >= 15 is 0 Å². The average Bonchev–Trinajstić information content (AvgIpc) is 2.47. The van der Waals surface area contributed by atoms with Crippen LogP contribution in [0.5, 0.6) is 11.5 Å². The summed E-state index contributed by atoms with van der Waals surface area (Å²) in [4.78, 5) is 22.5. The second-order valence-electron chi connectivity index (χ2n) is 4.06. The average molecular weight is 290 g/mol. The Morgan fingerprint density at radius 2 is 1.67 bits per heavy atom. The minimum atomic E-state index is -1.39. The first-order valence-corrected chi connectivity index (χ1v) is 5.90. The Morgan fingerprint density at radius 1 is 1.05 bits per heavy atom. The van der Waals surface area contributed by atoms with Crippen molar-refractivity contribution in [3.63, 3.8) is 0 Å². The summed E-state index contributed by atoms with van der Waals surface area (Å²) in [5, 5.41) is 8.71. The molecule has 0 unspecified atom stereocenters. The maximum absolute atomic E-state index is 13.5. The molecule has 0 saturated heterocycles. The summed E-state index contributed by atoms with van der Waals surface area (Å²) in [5.41, 5.74) is -0.224. The van der Waals surface area contributed by atoms with Crippen LogP contribution in [0.2, 0.25) is 0 Å². The van der Waals surface area contributed by atoms with Crippen LogP contribution in [0.4, 0.5) is 4.39 Å². The van der Waals surface area contributed by atoms with Gasteiger partial charge in [0.1, 0.15) is 17.3 Å². The lowest BCUT2D eigenvalue weighted by atomic mass is 10.2. The van der Waals surface area contributed by atoms with Gasteiger partial charge in [-0.25, -0.2) is 14.0 Å². The smallest absolute Gasteiger partial charge is 0.343 e. The summed E-state index contributed by atoms with van der Waals surface area (Å²) in [6.45, 7) is 0. The van der Waals surface area contributed by atoms with Gasteiger partial charge in [-0.15, -0.1) is 0 Å². The Balaban J connectivity index is 2.15. The number of rotatable bonds is 4. The molecule has 0 atom stereocenters. The molecule has 0 saturated carbocycles. The third kappa shape index (κ3) is 3.36. The molecule has 0 aliphatic heterocycles. The van der Waals surface area contributed by atoms with Crippen LogP contribution in [-0.4, -0.2) is 24.2 Å². The molecule has 6 heteroatoms. The van der Waals surface area contributed by atoms with Crippen LogP contribution >= 0.6 is 0 Å². The SMILES string of the molecule is COc1ccc(C(=O)Oc2ccc(C(=O)O)c(F)c2)cc1. The summed E-state index contributed by atoms with van der Waals surface area (Å²) >= 11 is 0. The van der Waals surface area contributed by atoms with Crippen molar-refractivity contribution in [2.45, 2.75) is 0 Å². The molecule has 0 heterocycles. The van der Waals surface area contributed by atoms with Gasteiger partial charge in [-0.05, 0) is 36.4 Å². The highest BCUT2D eigenvalue weighted by atomic mass is 19.1. The Kier molecular flexibility index (Phi) is 4.18. The van der Waals surface area contributed by atoms with E-state index in [0.29, 0.717) is 5.75 Å². The molecule has 0 amide bonds. The minimum absolute atomic E-state index is 0.0710. The first kappa shape index (κ1) is 14.5. The lowest BCUT2D eigenvalue weighted by molar-refractivity contribution is 0.0691. The van der Waals surface area contributed by atoms with Gasteiger partial charge in [0.2, 0.25) is 0 Å². The zero-order chi connectivity index (χ0) is 15.4. The number of hydrogen-bond acceptors (Lipinski definition) is 4. The van der Waals surface area contributed by atoms with Gasteiger partial charge in [-0.3, -0.25) is 0 Å². The first-order chi connectivity index (χ1) is 10.0. The number of esters is 1. The summed E-state index contributed by atoms with van der Waals surface area (Å²) in [6, 6.07) is 9.29. The van der Waals surface area contributed by atoms with Crippen molar-refractivity contribution in [3.05, 3.63) is 59.4 Å². The van der Waals surface area contributed by atoms with Crippen molar-refractivity contribution in [2.75, 3.05) is 7.11 Å². The monoisotopic (exact) mass is 290 g/mol. The third-order valence-electron chi connectivity index (χ3n) is 2.71. The predicted molar refractivity (Wildman–Crippen MR) is 71.3 cm³/mol. The fourth-order valence-electron chi connectivity index (χ4n) is 1.63. The second kappa shape index (κ2) is 6.04. The van der Waals surface area contributed by atoms with Gasteiger partial charge in [0.25, 0.3) is 0 Å². The quantitative estimate of drug-likeness (QED) is 0.692. The van der Waals surface area contributed by atoms with E-state index in [2.05, 4.69) is 0 Å². The zero-order valence-corrected chi connectivity index (χ0v) is 11.0. The Labute approximate surface area is 119 Å². The van der Waals surface area contributed by atoms with Crippen molar-refractivity contribution in [1.29, 1.82) is 0 Å². The largest absolute Gasteiger partial charge is 0.497 e. The van der Waals surface area contributed by atoms with Gasteiger partial charge >= 0.3 is 11.9 Å². The molecular formula is C15H11FO5. The fourth-order valence-corrected chi connectivity index (χ4v) is 1.63. The minimum Gasteiger partial charge on any atom is -0.497 e. The highest BCUT2D eigenvalue weighted by Crippen LogP contribution is 2.19. The highest BCUT2D eigenvalue weighted by molar-refractivity contribution is 5.91. The van der Waals surface area contributed by atoms with Gasteiger partial charge in [-0.1, -0.05) is 0 Å². The van der Waals surface area contributed by atoms with Crippen LogP contribution in [0, 0.1) is 5.82 Å². The number of benzene rings is 2. The lowest BCUT2D eigenvalue weighted by Gasteiger charge is -2.06. The normalized spacial score (nSPS) is 10.0. The van der Waals surface area contributed by atoms with Gasteiger partial charge in [0.15, 0.2) is 0 Å². The van der Waals surface area contributed by atoms with E-state index in [4.69, 9.17) is 14.6 Å². The molecule has 0 aromatic heterocycles. The van der Waals surface area contributed by atoms with Gasteiger partial charge in [0.05, 0.1) is 18.2 Å². The lowest BCUT2D eigenvalue weighted by Crippen LogP contribution is -2.09. The topological polar surface area (TPSA) is 72.8 Å². The molecule has 0 fully saturated rings. The molecule has 0 radical (unpaired) electrons. The Morgan fingerprint density at radius 3 is 2.19 bits per heavy atom. The van der Waals surface area contributed by atoms with Crippen LogP contribution < -0.4 is 9.47 Å². The summed E-state index contributed by atoms with van der Waals surface area (Å²) in [6.07, 6.45) is 0. The number of carboxylic acids is 1. The molecule has 2 rings (SSSR count). The van der Waals surface area contributed by atoms with E-state index in [1.54, 1.807) is 12.1 Å². The van der Waals surface area contributed by atoms with Crippen molar-refractivity contribution in [1.82, 2.24) is 0 Å².